The molecule has 1 aliphatic carbocycles. The molecule has 0 atom stereocenters. The first-order valence-corrected chi connectivity index (χ1v) is 8.33. The van der Waals surface area contributed by atoms with Gasteiger partial charge in [-0.05, 0) is 68.1 Å². The van der Waals surface area contributed by atoms with Crippen molar-refractivity contribution in [2.24, 2.45) is 5.41 Å². The third-order valence-corrected chi connectivity index (χ3v) is 5.00. The summed E-state index contributed by atoms with van der Waals surface area (Å²) in [7, 11) is 0. The van der Waals surface area contributed by atoms with Crippen LogP contribution in [-0.4, -0.2) is 19.1 Å². The second kappa shape index (κ2) is 5.55. The molecule has 1 amide bonds. The van der Waals surface area contributed by atoms with Gasteiger partial charge in [0.15, 0.2) is 11.5 Å². The van der Waals surface area contributed by atoms with E-state index in [-0.39, 0.29) is 11.3 Å². The fraction of sp³-hybridized carbons (Fsp3) is 0.350. The van der Waals surface area contributed by atoms with E-state index in [0.717, 1.165) is 29.8 Å². The third kappa shape index (κ3) is 2.84. The van der Waals surface area contributed by atoms with Gasteiger partial charge >= 0.3 is 0 Å². The van der Waals surface area contributed by atoms with Crippen LogP contribution in [0.2, 0.25) is 0 Å². The molecule has 0 saturated heterocycles. The van der Waals surface area contributed by atoms with Crippen molar-refractivity contribution < 1.29 is 14.3 Å². The molecule has 2 aliphatic rings. The Morgan fingerprint density at radius 1 is 0.958 bits per heavy atom. The Balaban J connectivity index is 1.53. The molecule has 4 heteroatoms. The fourth-order valence-corrected chi connectivity index (χ4v) is 2.87. The number of fused-ring (bicyclic) bond motifs is 1. The lowest BCUT2D eigenvalue weighted by Gasteiger charge is -2.10. The van der Waals surface area contributed by atoms with Crippen molar-refractivity contribution in [2.45, 2.75) is 26.7 Å². The molecule has 1 aliphatic heterocycles. The molecule has 1 heterocycles. The van der Waals surface area contributed by atoms with E-state index in [1.807, 2.05) is 31.2 Å². The SMILES string of the molecule is Cc1ccc(NC(=O)c2ccc3c(c2)OCC2(CC2)CO3)cc1C. The van der Waals surface area contributed by atoms with E-state index in [4.69, 9.17) is 9.47 Å². The summed E-state index contributed by atoms with van der Waals surface area (Å²) in [6.45, 7) is 5.46. The number of aryl methyl sites for hydroxylation is 2. The van der Waals surface area contributed by atoms with Gasteiger partial charge in [0.2, 0.25) is 0 Å². The molecule has 1 N–H and O–H groups in total. The van der Waals surface area contributed by atoms with Gasteiger partial charge in [0.25, 0.3) is 5.91 Å². The highest BCUT2D eigenvalue weighted by atomic mass is 16.5. The first kappa shape index (κ1) is 15.1. The molecule has 24 heavy (non-hydrogen) atoms. The highest BCUT2D eigenvalue weighted by Crippen LogP contribution is 2.49. The normalized spacial score (nSPS) is 17.2. The number of amides is 1. The first-order valence-electron chi connectivity index (χ1n) is 8.33. The topological polar surface area (TPSA) is 47.6 Å². The van der Waals surface area contributed by atoms with Crippen LogP contribution in [0.5, 0.6) is 11.5 Å². The lowest BCUT2D eigenvalue weighted by Crippen LogP contribution is -2.17. The number of anilines is 1. The Morgan fingerprint density at radius 3 is 2.42 bits per heavy atom. The molecule has 4 nitrogen and oxygen atoms in total. The predicted octanol–water partition coefficient (Wildman–Crippen LogP) is 4.11. The quantitative estimate of drug-likeness (QED) is 0.905. The highest BCUT2D eigenvalue weighted by molar-refractivity contribution is 6.04. The maximum atomic E-state index is 12.5. The van der Waals surface area contributed by atoms with Crippen LogP contribution in [-0.2, 0) is 0 Å². The van der Waals surface area contributed by atoms with Crippen LogP contribution in [0.1, 0.15) is 34.3 Å². The summed E-state index contributed by atoms with van der Waals surface area (Å²) in [5, 5.41) is 2.94. The number of rotatable bonds is 2. The van der Waals surface area contributed by atoms with E-state index in [9.17, 15) is 4.79 Å². The lowest BCUT2D eigenvalue weighted by molar-refractivity contribution is 0.102. The summed E-state index contributed by atoms with van der Waals surface area (Å²) in [6.07, 6.45) is 2.31. The number of benzene rings is 2. The zero-order valence-electron chi connectivity index (χ0n) is 14.0. The Kier molecular flexibility index (Phi) is 3.48. The van der Waals surface area contributed by atoms with E-state index in [0.29, 0.717) is 24.5 Å². The van der Waals surface area contributed by atoms with Crippen molar-refractivity contribution in [1.82, 2.24) is 0 Å². The van der Waals surface area contributed by atoms with Gasteiger partial charge in [0, 0.05) is 16.7 Å². The van der Waals surface area contributed by atoms with Crippen LogP contribution < -0.4 is 14.8 Å². The summed E-state index contributed by atoms with van der Waals surface area (Å²) in [5.74, 6) is 1.24. The lowest BCUT2D eigenvalue weighted by atomic mass is 10.1. The Labute approximate surface area is 141 Å². The molecular formula is C20H21NO3. The van der Waals surface area contributed by atoms with Gasteiger partial charge in [-0.3, -0.25) is 4.79 Å². The molecule has 0 aromatic heterocycles. The van der Waals surface area contributed by atoms with Gasteiger partial charge in [-0.1, -0.05) is 6.07 Å². The van der Waals surface area contributed by atoms with Crippen LogP contribution in [0.3, 0.4) is 0 Å². The average Bonchev–Trinajstić information content (AvgIpc) is 3.37. The minimum absolute atomic E-state index is 0.143. The number of hydrogen-bond acceptors (Lipinski definition) is 3. The molecule has 1 spiro atoms. The molecule has 0 bridgehead atoms. The van der Waals surface area contributed by atoms with Crippen molar-refractivity contribution in [3.8, 4) is 11.5 Å². The maximum absolute atomic E-state index is 12.5. The smallest absolute Gasteiger partial charge is 0.255 e. The number of hydrogen-bond donors (Lipinski definition) is 1. The Morgan fingerprint density at radius 2 is 1.71 bits per heavy atom. The average molecular weight is 323 g/mol. The van der Waals surface area contributed by atoms with Gasteiger partial charge in [0.1, 0.15) is 0 Å². The number of nitrogens with one attached hydrogen (secondary N) is 1. The summed E-state index contributed by atoms with van der Waals surface area (Å²) >= 11 is 0. The maximum Gasteiger partial charge on any atom is 0.255 e. The summed E-state index contributed by atoms with van der Waals surface area (Å²) in [6, 6.07) is 11.3. The Bertz CT molecular complexity index is 809. The Hall–Kier alpha value is -2.49. The second-order valence-electron chi connectivity index (χ2n) is 6.99. The van der Waals surface area contributed by atoms with Gasteiger partial charge in [-0.25, -0.2) is 0 Å². The second-order valence-corrected chi connectivity index (χ2v) is 6.99. The first-order chi connectivity index (χ1) is 11.5. The summed E-state index contributed by atoms with van der Waals surface area (Å²) in [4.78, 5) is 12.5. The number of carbonyl (C=O) groups is 1. The van der Waals surface area contributed by atoms with E-state index in [2.05, 4.69) is 12.2 Å². The summed E-state index contributed by atoms with van der Waals surface area (Å²) < 4.78 is 11.7. The standard InChI is InChI=1S/C20H21NO3/c1-13-3-5-16(9-14(13)2)21-19(22)15-4-6-17-18(10-15)24-12-20(7-8-20)11-23-17/h3-6,9-10H,7-8,11-12H2,1-2H3,(H,21,22). The number of ether oxygens (including phenoxy) is 2. The van der Waals surface area contributed by atoms with Crippen molar-refractivity contribution >= 4 is 11.6 Å². The predicted molar refractivity (Wildman–Crippen MR) is 93.0 cm³/mol. The summed E-state index contributed by atoms with van der Waals surface area (Å²) in [5.41, 5.74) is 3.93. The highest BCUT2D eigenvalue weighted by Gasteiger charge is 2.46. The van der Waals surface area contributed by atoms with E-state index in [1.165, 1.54) is 5.56 Å². The van der Waals surface area contributed by atoms with Crippen LogP contribution in [0.25, 0.3) is 0 Å². The van der Waals surface area contributed by atoms with E-state index in [1.54, 1.807) is 12.1 Å². The van der Waals surface area contributed by atoms with Crippen LogP contribution >= 0.6 is 0 Å². The molecule has 2 aromatic carbocycles. The minimum atomic E-state index is -0.143. The van der Waals surface area contributed by atoms with Crippen molar-refractivity contribution in [3.05, 3.63) is 53.1 Å². The molecule has 1 saturated carbocycles. The minimum Gasteiger partial charge on any atom is -0.489 e. The largest absolute Gasteiger partial charge is 0.489 e. The van der Waals surface area contributed by atoms with Gasteiger partial charge < -0.3 is 14.8 Å². The monoisotopic (exact) mass is 323 g/mol. The van der Waals surface area contributed by atoms with Gasteiger partial charge in [0.05, 0.1) is 13.2 Å². The molecular weight excluding hydrogens is 302 g/mol. The van der Waals surface area contributed by atoms with E-state index < -0.39 is 0 Å². The van der Waals surface area contributed by atoms with Crippen molar-refractivity contribution in [2.75, 3.05) is 18.5 Å². The molecule has 0 unspecified atom stereocenters. The molecule has 1 fully saturated rings. The van der Waals surface area contributed by atoms with Crippen LogP contribution in [0, 0.1) is 19.3 Å². The molecule has 0 radical (unpaired) electrons. The number of carbonyl (C=O) groups excluding carboxylic acids is 1. The fourth-order valence-electron chi connectivity index (χ4n) is 2.87. The van der Waals surface area contributed by atoms with Crippen LogP contribution in [0.4, 0.5) is 5.69 Å². The van der Waals surface area contributed by atoms with Gasteiger partial charge in [-0.15, -0.1) is 0 Å². The van der Waals surface area contributed by atoms with Crippen molar-refractivity contribution in [1.29, 1.82) is 0 Å². The zero-order chi connectivity index (χ0) is 16.7. The zero-order valence-corrected chi connectivity index (χ0v) is 14.0. The molecule has 124 valence electrons. The molecule has 2 aromatic rings. The van der Waals surface area contributed by atoms with Crippen LogP contribution in [0.15, 0.2) is 36.4 Å². The van der Waals surface area contributed by atoms with Gasteiger partial charge in [-0.2, -0.15) is 0 Å². The molecule has 4 rings (SSSR count). The third-order valence-electron chi connectivity index (χ3n) is 5.00. The van der Waals surface area contributed by atoms with Crippen molar-refractivity contribution in [3.63, 3.8) is 0 Å². The van der Waals surface area contributed by atoms with E-state index >= 15 is 0 Å².